The molecule has 0 aliphatic carbocycles. The van der Waals surface area contributed by atoms with Crippen LogP contribution in [-0.4, -0.2) is 22.8 Å². The van der Waals surface area contributed by atoms with Crippen molar-refractivity contribution in [2.45, 2.75) is 33.2 Å². The first-order valence-corrected chi connectivity index (χ1v) is 8.11. The van der Waals surface area contributed by atoms with Gasteiger partial charge in [-0.05, 0) is 44.5 Å². The maximum absolute atomic E-state index is 12.6. The first-order valence-electron chi connectivity index (χ1n) is 6.92. The second-order valence-corrected chi connectivity index (χ2v) is 6.77. The van der Waals surface area contributed by atoms with Crippen LogP contribution in [0.3, 0.4) is 0 Å². The van der Waals surface area contributed by atoms with Gasteiger partial charge in [-0.1, -0.05) is 18.5 Å². The first-order chi connectivity index (χ1) is 9.92. The third kappa shape index (κ3) is 3.63. The predicted molar refractivity (Wildman–Crippen MR) is 88.2 cm³/mol. The fourth-order valence-electron chi connectivity index (χ4n) is 2.10. The Kier molecular flexibility index (Phi) is 5.01. The van der Waals surface area contributed by atoms with Gasteiger partial charge in [-0.15, -0.1) is 11.3 Å². The van der Waals surface area contributed by atoms with Crippen LogP contribution in [0.25, 0.3) is 0 Å². The average Bonchev–Trinajstić information content (AvgIpc) is 2.90. The monoisotopic (exact) mass is 322 g/mol. The standard InChI is InChI=1S/C16H19ClN2OS/c1-5-13-8-12(9-15(17)18-13)16(20)19(4)11(3)14-7-6-10(2)21-14/h6-9,11H,5H2,1-4H3. The van der Waals surface area contributed by atoms with E-state index >= 15 is 0 Å². The van der Waals surface area contributed by atoms with E-state index in [0.29, 0.717) is 10.7 Å². The zero-order chi connectivity index (χ0) is 15.6. The van der Waals surface area contributed by atoms with Crippen molar-refractivity contribution < 1.29 is 4.79 Å². The third-order valence-electron chi connectivity index (χ3n) is 3.53. The van der Waals surface area contributed by atoms with Crippen LogP contribution in [-0.2, 0) is 6.42 Å². The van der Waals surface area contributed by atoms with Crippen LogP contribution >= 0.6 is 22.9 Å². The van der Waals surface area contributed by atoms with Gasteiger partial charge in [-0.3, -0.25) is 4.79 Å². The fourth-order valence-corrected chi connectivity index (χ4v) is 3.30. The van der Waals surface area contributed by atoms with Crippen LogP contribution in [0.5, 0.6) is 0 Å². The van der Waals surface area contributed by atoms with Crippen molar-refractivity contribution in [2.75, 3.05) is 7.05 Å². The minimum atomic E-state index is -0.0347. The highest BCUT2D eigenvalue weighted by atomic mass is 35.5. The van der Waals surface area contributed by atoms with Crippen LogP contribution in [0.1, 0.15) is 45.7 Å². The number of aryl methyl sites for hydroxylation is 2. The molecule has 0 aliphatic heterocycles. The number of aromatic nitrogens is 1. The maximum Gasteiger partial charge on any atom is 0.254 e. The molecule has 1 unspecified atom stereocenters. The minimum Gasteiger partial charge on any atom is -0.334 e. The van der Waals surface area contributed by atoms with Crippen LogP contribution < -0.4 is 0 Å². The number of thiophene rings is 1. The number of hydrogen-bond acceptors (Lipinski definition) is 3. The summed E-state index contributed by atoms with van der Waals surface area (Å²) in [5, 5.41) is 0.366. The van der Waals surface area contributed by atoms with Gasteiger partial charge in [0.1, 0.15) is 5.15 Å². The van der Waals surface area contributed by atoms with Gasteiger partial charge in [0.15, 0.2) is 0 Å². The normalized spacial score (nSPS) is 12.2. The summed E-state index contributed by atoms with van der Waals surface area (Å²) in [5.41, 5.74) is 1.42. The van der Waals surface area contributed by atoms with Gasteiger partial charge in [0.2, 0.25) is 0 Å². The van der Waals surface area contributed by atoms with E-state index < -0.39 is 0 Å². The molecule has 21 heavy (non-hydrogen) atoms. The van der Waals surface area contributed by atoms with E-state index in [2.05, 4.69) is 24.0 Å². The summed E-state index contributed by atoms with van der Waals surface area (Å²) in [6, 6.07) is 7.63. The lowest BCUT2D eigenvalue weighted by molar-refractivity contribution is 0.0744. The first kappa shape index (κ1) is 16.0. The second-order valence-electron chi connectivity index (χ2n) is 5.06. The van der Waals surface area contributed by atoms with Crippen LogP contribution in [0.4, 0.5) is 0 Å². The van der Waals surface area contributed by atoms with E-state index in [1.165, 1.54) is 9.75 Å². The molecule has 3 nitrogen and oxygen atoms in total. The summed E-state index contributed by atoms with van der Waals surface area (Å²) in [7, 11) is 1.82. The molecule has 0 aromatic carbocycles. The number of pyridine rings is 1. The number of halogens is 1. The highest BCUT2D eigenvalue weighted by Gasteiger charge is 2.20. The van der Waals surface area contributed by atoms with Crippen molar-refractivity contribution in [3.05, 3.63) is 50.4 Å². The zero-order valence-electron chi connectivity index (χ0n) is 12.7. The second kappa shape index (κ2) is 6.58. The molecular weight excluding hydrogens is 304 g/mol. The summed E-state index contributed by atoms with van der Waals surface area (Å²) in [6.07, 6.45) is 0.754. The molecule has 0 bridgehead atoms. The van der Waals surface area contributed by atoms with E-state index in [4.69, 9.17) is 11.6 Å². The van der Waals surface area contributed by atoms with Crippen LogP contribution in [0.2, 0.25) is 5.15 Å². The Balaban J connectivity index is 2.24. The van der Waals surface area contributed by atoms with E-state index in [1.807, 2.05) is 27.0 Å². The molecule has 112 valence electrons. The largest absolute Gasteiger partial charge is 0.334 e. The highest BCUT2D eigenvalue weighted by molar-refractivity contribution is 7.12. The molecule has 0 spiro atoms. The van der Waals surface area contributed by atoms with Crippen molar-refractivity contribution >= 4 is 28.8 Å². The Morgan fingerprint density at radius 1 is 1.43 bits per heavy atom. The molecular formula is C16H19ClN2OS. The van der Waals surface area contributed by atoms with Crippen LogP contribution in [0.15, 0.2) is 24.3 Å². The summed E-state index contributed by atoms with van der Waals surface area (Å²) in [6.45, 7) is 6.10. The Labute approximate surface area is 134 Å². The number of amides is 1. The molecule has 2 rings (SSSR count). The Morgan fingerprint density at radius 2 is 2.14 bits per heavy atom. The number of rotatable bonds is 4. The molecule has 0 aliphatic rings. The van der Waals surface area contributed by atoms with Crippen molar-refractivity contribution in [1.29, 1.82) is 0 Å². The summed E-state index contributed by atoms with van der Waals surface area (Å²) in [5.74, 6) is -0.0347. The van der Waals surface area contributed by atoms with Gasteiger partial charge in [-0.2, -0.15) is 0 Å². The van der Waals surface area contributed by atoms with Crippen LogP contribution in [0, 0.1) is 6.92 Å². The van der Waals surface area contributed by atoms with Gasteiger partial charge in [0.05, 0.1) is 6.04 Å². The minimum absolute atomic E-state index is 0.0347. The van der Waals surface area contributed by atoms with E-state index in [0.717, 1.165) is 12.1 Å². The Morgan fingerprint density at radius 3 is 2.71 bits per heavy atom. The third-order valence-corrected chi connectivity index (χ3v) is 4.90. The van der Waals surface area contributed by atoms with Gasteiger partial charge in [0.25, 0.3) is 5.91 Å². The van der Waals surface area contributed by atoms with Crippen molar-refractivity contribution in [3.63, 3.8) is 0 Å². The molecule has 0 N–H and O–H groups in total. The highest BCUT2D eigenvalue weighted by Crippen LogP contribution is 2.27. The van der Waals surface area contributed by atoms with E-state index in [-0.39, 0.29) is 11.9 Å². The maximum atomic E-state index is 12.6. The van der Waals surface area contributed by atoms with Gasteiger partial charge in [-0.25, -0.2) is 4.98 Å². The summed E-state index contributed by atoms with van der Waals surface area (Å²) >= 11 is 7.71. The molecule has 2 aromatic rings. The topological polar surface area (TPSA) is 33.2 Å². The Bertz CT molecular complexity index is 653. The SMILES string of the molecule is CCc1cc(C(=O)N(C)C(C)c2ccc(C)s2)cc(Cl)n1. The lowest BCUT2D eigenvalue weighted by Gasteiger charge is -2.24. The zero-order valence-corrected chi connectivity index (χ0v) is 14.3. The number of carbonyl (C=O) groups excluding carboxylic acids is 1. The lowest BCUT2D eigenvalue weighted by Crippen LogP contribution is -2.29. The van der Waals surface area contributed by atoms with Crippen molar-refractivity contribution in [1.82, 2.24) is 9.88 Å². The molecule has 0 radical (unpaired) electrons. The van der Waals surface area contributed by atoms with Crippen molar-refractivity contribution in [2.24, 2.45) is 0 Å². The molecule has 0 saturated carbocycles. The van der Waals surface area contributed by atoms with Gasteiger partial charge < -0.3 is 4.90 Å². The predicted octanol–water partition coefficient (Wildman–Crippen LogP) is 4.50. The molecule has 0 saturated heterocycles. The fraction of sp³-hybridized carbons (Fsp3) is 0.375. The molecule has 5 heteroatoms. The molecule has 1 atom stereocenters. The number of hydrogen-bond donors (Lipinski definition) is 0. The molecule has 1 amide bonds. The number of nitrogens with zero attached hydrogens (tertiary/aromatic N) is 2. The summed E-state index contributed by atoms with van der Waals surface area (Å²) in [4.78, 5) is 21.0. The summed E-state index contributed by atoms with van der Waals surface area (Å²) < 4.78 is 0. The molecule has 0 fully saturated rings. The average molecular weight is 323 g/mol. The quantitative estimate of drug-likeness (QED) is 0.776. The number of carbonyl (C=O) groups is 1. The Hall–Kier alpha value is -1.39. The smallest absolute Gasteiger partial charge is 0.254 e. The van der Waals surface area contributed by atoms with Crippen molar-refractivity contribution in [3.8, 4) is 0 Å². The molecule has 2 aromatic heterocycles. The molecule has 2 heterocycles. The van der Waals surface area contributed by atoms with E-state index in [1.54, 1.807) is 22.3 Å². The van der Waals surface area contributed by atoms with Gasteiger partial charge in [0, 0.05) is 28.1 Å². The van der Waals surface area contributed by atoms with E-state index in [9.17, 15) is 4.79 Å². The lowest BCUT2D eigenvalue weighted by atomic mass is 10.1. The van der Waals surface area contributed by atoms with Gasteiger partial charge >= 0.3 is 0 Å².